The van der Waals surface area contributed by atoms with Crippen LogP contribution in [0.5, 0.6) is 0 Å². The normalized spacial score (nSPS) is 15.4. The molecule has 4 rings (SSSR count). The lowest BCUT2D eigenvalue weighted by atomic mass is 10.2. The third-order valence-corrected chi connectivity index (χ3v) is 6.73. The van der Waals surface area contributed by atoms with E-state index < -0.39 is 15.9 Å². The summed E-state index contributed by atoms with van der Waals surface area (Å²) in [6.07, 6.45) is 3.14. The molecule has 0 spiro atoms. The molecule has 0 saturated heterocycles. The van der Waals surface area contributed by atoms with Crippen LogP contribution in [0.2, 0.25) is 0 Å². The van der Waals surface area contributed by atoms with E-state index in [9.17, 15) is 13.2 Å². The van der Waals surface area contributed by atoms with Crippen molar-refractivity contribution in [2.45, 2.75) is 25.3 Å². The molecule has 1 aromatic carbocycles. The van der Waals surface area contributed by atoms with Gasteiger partial charge in [0, 0.05) is 12.7 Å². The summed E-state index contributed by atoms with van der Waals surface area (Å²) in [6.45, 7) is 3.91. The van der Waals surface area contributed by atoms with E-state index in [0.29, 0.717) is 22.8 Å². The van der Waals surface area contributed by atoms with E-state index in [1.54, 1.807) is 61.0 Å². The third-order valence-electron chi connectivity index (χ3n) is 4.76. The fraction of sp³-hybridized carbons (Fsp3) is 0.211. The highest BCUT2D eigenvalue weighted by Crippen LogP contribution is 2.31. The van der Waals surface area contributed by atoms with E-state index in [1.807, 2.05) is 0 Å². The Hall–Kier alpha value is -3.04. The monoisotopic (exact) mass is 397 g/mol. The predicted octanol–water partition coefficient (Wildman–Crippen LogP) is 2.35. The first-order valence-corrected chi connectivity index (χ1v) is 10.3. The summed E-state index contributed by atoms with van der Waals surface area (Å²) in [6, 6.07) is 10.2. The summed E-state index contributed by atoms with van der Waals surface area (Å²) >= 11 is 0. The highest BCUT2D eigenvalue weighted by molar-refractivity contribution is 7.89. The Bertz CT molecular complexity index is 1170. The molecule has 1 aliphatic heterocycles. The lowest BCUT2D eigenvalue weighted by Gasteiger charge is -2.18. The summed E-state index contributed by atoms with van der Waals surface area (Å²) in [7, 11) is -3.67. The van der Waals surface area contributed by atoms with Gasteiger partial charge in [0.25, 0.3) is 5.91 Å². The number of nitrogens with zero attached hydrogens (tertiary/aromatic N) is 4. The zero-order valence-corrected chi connectivity index (χ0v) is 16.3. The van der Waals surface area contributed by atoms with Crippen LogP contribution < -0.4 is 5.32 Å². The number of hydrogen-bond acceptors (Lipinski definition) is 5. The lowest BCUT2D eigenvalue weighted by Crippen LogP contribution is -2.30. The van der Waals surface area contributed by atoms with E-state index >= 15 is 0 Å². The lowest BCUT2D eigenvalue weighted by molar-refractivity contribution is 0.102. The van der Waals surface area contributed by atoms with Gasteiger partial charge in [0.2, 0.25) is 10.0 Å². The number of amides is 1. The zero-order valence-electron chi connectivity index (χ0n) is 15.5. The molecular weight excluding hydrogens is 378 g/mol. The van der Waals surface area contributed by atoms with Crippen LogP contribution in [-0.4, -0.2) is 39.7 Å². The summed E-state index contributed by atoms with van der Waals surface area (Å²) in [5.41, 5.74) is 2.47. The molecule has 0 bridgehead atoms. The minimum atomic E-state index is -3.67. The smallest absolute Gasteiger partial charge is 0.276 e. The number of imidazole rings is 1. The molecule has 1 amide bonds. The summed E-state index contributed by atoms with van der Waals surface area (Å²) in [4.78, 5) is 21.5. The molecule has 1 N–H and O–H groups in total. The molecule has 1 aliphatic rings. The molecule has 8 nitrogen and oxygen atoms in total. The summed E-state index contributed by atoms with van der Waals surface area (Å²) < 4.78 is 29.1. The molecule has 3 heterocycles. The maximum atomic E-state index is 13.0. The average Bonchev–Trinajstić information content (AvgIpc) is 3.07. The number of nitrogens with one attached hydrogen (secondary N) is 1. The number of hydrogen-bond donors (Lipinski definition) is 1. The number of fused-ring (bicyclic) bond motifs is 3. The molecule has 144 valence electrons. The van der Waals surface area contributed by atoms with Gasteiger partial charge in [0.15, 0.2) is 5.69 Å². The topological polar surface area (TPSA) is 97.2 Å². The van der Waals surface area contributed by atoms with Crippen molar-refractivity contribution < 1.29 is 13.2 Å². The minimum absolute atomic E-state index is 0.0578. The molecular formula is C19H19N5O3S. The molecule has 0 unspecified atom stereocenters. The van der Waals surface area contributed by atoms with Crippen LogP contribution in [-0.2, 0) is 16.6 Å². The Balaban J connectivity index is 1.82. The summed E-state index contributed by atoms with van der Waals surface area (Å²) in [5, 5.41) is 2.82. The van der Waals surface area contributed by atoms with Crippen LogP contribution in [0.4, 0.5) is 5.69 Å². The number of pyridine rings is 1. The fourth-order valence-electron chi connectivity index (χ4n) is 3.27. The molecule has 0 fully saturated rings. The molecule has 0 saturated carbocycles. The zero-order chi connectivity index (χ0) is 19.9. The second-order valence-electron chi connectivity index (χ2n) is 6.40. The van der Waals surface area contributed by atoms with Gasteiger partial charge in [-0.2, -0.15) is 4.31 Å². The van der Waals surface area contributed by atoms with E-state index in [0.717, 1.165) is 0 Å². The third kappa shape index (κ3) is 2.88. The molecule has 0 aliphatic carbocycles. The van der Waals surface area contributed by atoms with Crippen molar-refractivity contribution in [2.24, 2.45) is 0 Å². The molecule has 2 aromatic heterocycles. The number of aromatic nitrogens is 3. The van der Waals surface area contributed by atoms with Crippen molar-refractivity contribution in [3.8, 4) is 5.69 Å². The Kier molecular flexibility index (Phi) is 4.48. The molecule has 0 radical (unpaired) electrons. The van der Waals surface area contributed by atoms with Gasteiger partial charge in [-0.15, -0.1) is 0 Å². The number of sulfonamides is 1. The van der Waals surface area contributed by atoms with Crippen molar-refractivity contribution in [1.29, 1.82) is 0 Å². The standard InChI is InChI=1S/C19H19N5O3S/c1-3-23-11-16-18(19(25)22-14-7-6-10-20-13(14)2)21-12-24(16)15-8-4-5-9-17(15)28(23,26)27/h4-10,12H,3,11H2,1-2H3,(H,22,25). The number of para-hydroxylation sites is 1. The first-order valence-electron chi connectivity index (χ1n) is 8.82. The van der Waals surface area contributed by atoms with Gasteiger partial charge in [-0.1, -0.05) is 19.1 Å². The predicted molar refractivity (Wildman–Crippen MR) is 104 cm³/mol. The Labute approximate surface area is 162 Å². The number of anilines is 1. The van der Waals surface area contributed by atoms with Crippen molar-refractivity contribution in [3.05, 3.63) is 66.0 Å². The van der Waals surface area contributed by atoms with E-state index in [1.165, 1.54) is 10.6 Å². The van der Waals surface area contributed by atoms with E-state index in [4.69, 9.17) is 0 Å². The average molecular weight is 397 g/mol. The van der Waals surface area contributed by atoms with Gasteiger partial charge in [-0.05, 0) is 31.2 Å². The van der Waals surface area contributed by atoms with Crippen molar-refractivity contribution >= 4 is 21.6 Å². The number of aryl methyl sites for hydroxylation is 1. The fourth-order valence-corrected chi connectivity index (χ4v) is 4.86. The Morgan fingerprint density at radius 3 is 2.71 bits per heavy atom. The molecule has 28 heavy (non-hydrogen) atoms. The number of rotatable bonds is 3. The SMILES string of the molecule is CCN1Cc2c(C(=O)Nc3cccnc3C)ncn2-c2ccccc2S1(=O)=O. The van der Waals surface area contributed by atoms with E-state index in [2.05, 4.69) is 15.3 Å². The number of carbonyl (C=O) groups is 1. The van der Waals surface area contributed by atoms with Gasteiger partial charge in [0.05, 0.1) is 29.3 Å². The molecule has 3 aromatic rings. The van der Waals surface area contributed by atoms with Crippen LogP contribution in [0.1, 0.15) is 28.8 Å². The largest absolute Gasteiger partial charge is 0.319 e. The van der Waals surface area contributed by atoms with Gasteiger partial charge >= 0.3 is 0 Å². The van der Waals surface area contributed by atoms with Crippen LogP contribution in [0.15, 0.2) is 53.8 Å². The van der Waals surface area contributed by atoms with Gasteiger partial charge < -0.3 is 5.32 Å². The van der Waals surface area contributed by atoms with Crippen LogP contribution >= 0.6 is 0 Å². The first-order chi connectivity index (χ1) is 13.4. The van der Waals surface area contributed by atoms with Gasteiger partial charge in [-0.3, -0.25) is 14.3 Å². The molecule has 0 atom stereocenters. The Morgan fingerprint density at radius 1 is 1.18 bits per heavy atom. The van der Waals surface area contributed by atoms with Crippen LogP contribution in [0.3, 0.4) is 0 Å². The number of benzene rings is 1. The van der Waals surface area contributed by atoms with Crippen LogP contribution in [0, 0.1) is 6.92 Å². The highest BCUT2D eigenvalue weighted by Gasteiger charge is 2.33. The van der Waals surface area contributed by atoms with E-state index in [-0.39, 0.29) is 23.7 Å². The maximum absolute atomic E-state index is 13.0. The first kappa shape index (κ1) is 18.3. The van der Waals surface area contributed by atoms with Crippen molar-refractivity contribution in [2.75, 3.05) is 11.9 Å². The molecule has 9 heteroatoms. The van der Waals surface area contributed by atoms with Gasteiger partial charge in [0.1, 0.15) is 11.2 Å². The highest BCUT2D eigenvalue weighted by atomic mass is 32.2. The van der Waals surface area contributed by atoms with Crippen molar-refractivity contribution in [1.82, 2.24) is 18.8 Å². The second kappa shape index (κ2) is 6.84. The summed E-state index contributed by atoms with van der Waals surface area (Å²) in [5.74, 6) is -0.405. The van der Waals surface area contributed by atoms with Gasteiger partial charge in [-0.25, -0.2) is 13.4 Å². The second-order valence-corrected chi connectivity index (χ2v) is 8.31. The van der Waals surface area contributed by atoms with Crippen molar-refractivity contribution in [3.63, 3.8) is 0 Å². The maximum Gasteiger partial charge on any atom is 0.276 e. The van der Waals surface area contributed by atoms with Crippen LogP contribution in [0.25, 0.3) is 5.69 Å². The quantitative estimate of drug-likeness (QED) is 0.732. The Morgan fingerprint density at radius 2 is 1.96 bits per heavy atom. The minimum Gasteiger partial charge on any atom is -0.319 e. The number of carbonyl (C=O) groups excluding carboxylic acids is 1.